The summed E-state index contributed by atoms with van der Waals surface area (Å²) < 4.78 is 0. The maximum atomic E-state index is 12.6. The highest BCUT2D eigenvalue weighted by molar-refractivity contribution is 7.99. The lowest BCUT2D eigenvalue weighted by Gasteiger charge is -2.09. The van der Waals surface area contributed by atoms with Crippen LogP contribution in [0.3, 0.4) is 0 Å². The van der Waals surface area contributed by atoms with Crippen molar-refractivity contribution < 1.29 is 4.79 Å². The number of nitrogens with one attached hydrogen (secondary N) is 1. The summed E-state index contributed by atoms with van der Waals surface area (Å²) in [5.74, 6) is -0.252. The molecule has 1 amide bonds. The number of benzene rings is 2. The van der Waals surface area contributed by atoms with E-state index in [9.17, 15) is 4.79 Å². The lowest BCUT2D eigenvalue weighted by Crippen LogP contribution is -2.13. The second-order valence-corrected chi connectivity index (χ2v) is 6.48. The zero-order valence-electron chi connectivity index (χ0n) is 13.6. The minimum absolute atomic E-state index is 0.252. The maximum absolute atomic E-state index is 12.6. The number of carbonyl (C=O) groups is 1. The third-order valence-electron chi connectivity index (χ3n) is 3.50. The summed E-state index contributed by atoms with van der Waals surface area (Å²) in [6.07, 6.45) is 1.67. The van der Waals surface area contributed by atoms with Gasteiger partial charge in [-0.15, -0.1) is 0 Å². The highest BCUT2D eigenvalue weighted by Gasteiger charge is 2.14. The van der Waals surface area contributed by atoms with Crippen molar-refractivity contribution in [1.82, 2.24) is 4.98 Å². The van der Waals surface area contributed by atoms with E-state index in [2.05, 4.69) is 16.4 Å². The molecule has 3 rings (SSSR count). The van der Waals surface area contributed by atoms with Gasteiger partial charge in [-0.2, -0.15) is 5.26 Å². The van der Waals surface area contributed by atoms with Gasteiger partial charge < -0.3 is 5.32 Å². The van der Waals surface area contributed by atoms with Gasteiger partial charge in [0.25, 0.3) is 5.91 Å². The van der Waals surface area contributed by atoms with Crippen molar-refractivity contribution in [3.63, 3.8) is 0 Å². The fourth-order valence-corrected chi connectivity index (χ4v) is 3.11. The van der Waals surface area contributed by atoms with Crippen molar-refractivity contribution in [2.45, 2.75) is 16.8 Å². The highest BCUT2D eigenvalue weighted by atomic mass is 32.2. The Kier molecular flexibility index (Phi) is 5.12. The Morgan fingerprint density at radius 1 is 1.12 bits per heavy atom. The number of anilines is 1. The molecule has 4 nitrogen and oxygen atoms in total. The Labute approximate surface area is 150 Å². The van der Waals surface area contributed by atoms with Crippen LogP contribution in [-0.2, 0) is 0 Å². The molecule has 0 bridgehead atoms. The molecule has 1 heterocycles. The Bertz CT molecular complexity index is 946. The summed E-state index contributed by atoms with van der Waals surface area (Å²) in [4.78, 5) is 18.0. The van der Waals surface area contributed by atoms with Crippen molar-refractivity contribution in [3.05, 3.63) is 83.6 Å². The van der Waals surface area contributed by atoms with E-state index in [4.69, 9.17) is 5.26 Å². The lowest BCUT2D eigenvalue weighted by molar-refractivity contribution is 0.102. The third kappa shape index (κ3) is 4.25. The number of rotatable bonds is 4. The molecule has 2 aromatic carbocycles. The quantitative estimate of drug-likeness (QED) is 0.746. The number of nitriles is 1. The number of nitrogens with zero attached hydrogens (tertiary/aromatic N) is 2. The van der Waals surface area contributed by atoms with E-state index in [0.29, 0.717) is 21.8 Å². The molecule has 0 aliphatic heterocycles. The van der Waals surface area contributed by atoms with Crippen molar-refractivity contribution in [3.8, 4) is 6.07 Å². The molecule has 5 heteroatoms. The van der Waals surface area contributed by atoms with Gasteiger partial charge in [0.2, 0.25) is 0 Å². The van der Waals surface area contributed by atoms with Crippen molar-refractivity contribution in [2.75, 3.05) is 5.32 Å². The Morgan fingerprint density at radius 2 is 1.92 bits per heavy atom. The standard InChI is InChI=1S/C20H15N3OS/c1-14-7-9-17(10-8-14)25-20-18(6-3-11-22-20)19(24)23-16-5-2-4-15(12-16)13-21/h2-12H,1H3,(H,23,24). The molecule has 0 saturated carbocycles. The molecule has 1 N–H and O–H groups in total. The molecular formula is C20H15N3OS. The summed E-state index contributed by atoms with van der Waals surface area (Å²) in [7, 11) is 0. The first-order chi connectivity index (χ1) is 12.2. The smallest absolute Gasteiger partial charge is 0.258 e. The Hall–Kier alpha value is -3.10. The molecule has 3 aromatic rings. The number of carbonyl (C=O) groups excluding carboxylic acids is 1. The second-order valence-electron chi connectivity index (χ2n) is 5.42. The van der Waals surface area contributed by atoms with Gasteiger partial charge in [0.05, 0.1) is 17.2 Å². The average Bonchev–Trinajstić information content (AvgIpc) is 2.64. The van der Waals surface area contributed by atoms with Crippen LogP contribution in [0.25, 0.3) is 0 Å². The molecule has 1 aromatic heterocycles. The summed E-state index contributed by atoms with van der Waals surface area (Å²) in [5.41, 5.74) is 2.76. The van der Waals surface area contributed by atoms with Crippen LogP contribution < -0.4 is 5.32 Å². The van der Waals surface area contributed by atoms with E-state index in [0.717, 1.165) is 4.90 Å². The van der Waals surface area contributed by atoms with Crippen LogP contribution in [0.15, 0.2) is 76.8 Å². The minimum atomic E-state index is -0.252. The normalized spacial score (nSPS) is 10.1. The predicted molar refractivity (Wildman–Crippen MR) is 98.6 cm³/mol. The van der Waals surface area contributed by atoms with E-state index in [1.165, 1.54) is 17.3 Å². The van der Waals surface area contributed by atoms with E-state index in [1.54, 1.807) is 42.6 Å². The summed E-state index contributed by atoms with van der Waals surface area (Å²) in [5, 5.41) is 12.4. The number of amides is 1. The molecule has 0 aliphatic rings. The predicted octanol–water partition coefficient (Wildman–Crippen LogP) is 4.67. The molecule has 0 fully saturated rings. The Morgan fingerprint density at radius 3 is 2.68 bits per heavy atom. The molecule has 0 unspecified atom stereocenters. The molecular weight excluding hydrogens is 330 g/mol. The van der Waals surface area contributed by atoms with Gasteiger partial charge in [0, 0.05) is 16.8 Å². The van der Waals surface area contributed by atoms with Gasteiger partial charge in [-0.1, -0.05) is 35.5 Å². The molecule has 0 spiro atoms. The van der Waals surface area contributed by atoms with Crippen LogP contribution >= 0.6 is 11.8 Å². The number of aryl methyl sites for hydroxylation is 1. The molecule has 122 valence electrons. The second kappa shape index (κ2) is 7.65. The monoisotopic (exact) mass is 345 g/mol. The first-order valence-electron chi connectivity index (χ1n) is 7.67. The zero-order valence-corrected chi connectivity index (χ0v) is 14.4. The topological polar surface area (TPSA) is 65.8 Å². The molecule has 0 aliphatic carbocycles. The summed E-state index contributed by atoms with van der Waals surface area (Å²) >= 11 is 1.45. The lowest BCUT2D eigenvalue weighted by atomic mass is 10.2. The van der Waals surface area contributed by atoms with Crippen LogP contribution in [0, 0.1) is 18.3 Å². The van der Waals surface area contributed by atoms with Gasteiger partial charge in [0.15, 0.2) is 0 Å². The van der Waals surface area contributed by atoms with Gasteiger partial charge in [-0.05, 0) is 49.4 Å². The van der Waals surface area contributed by atoms with Crippen molar-refractivity contribution >= 4 is 23.4 Å². The van der Waals surface area contributed by atoms with E-state index in [1.807, 2.05) is 31.2 Å². The summed E-state index contributed by atoms with van der Waals surface area (Å²) in [6.45, 7) is 2.03. The van der Waals surface area contributed by atoms with E-state index in [-0.39, 0.29) is 5.91 Å². The van der Waals surface area contributed by atoms with E-state index >= 15 is 0 Å². The first kappa shape index (κ1) is 16.7. The molecule has 0 atom stereocenters. The fourth-order valence-electron chi connectivity index (χ4n) is 2.23. The van der Waals surface area contributed by atoms with E-state index < -0.39 is 0 Å². The average molecular weight is 345 g/mol. The zero-order chi connectivity index (χ0) is 17.6. The van der Waals surface area contributed by atoms with Gasteiger partial charge in [-0.25, -0.2) is 4.98 Å². The highest BCUT2D eigenvalue weighted by Crippen LogP contribution is 2.29. The molecule has 0 radical (unpaired) electrons. The minimum Gasteiger partial charge on any atom is -0.322 e. The first-order valence-corrected chi connectivity index (χ1v) is 8.48. The van der Waals surface area contributed by atoms with Crippen molar-refractivity contribution in [1.29, 1.82) is 5.26 Å². The van der Waals surface area contributed by atoms with Crippen LogP contribution in [0.1, 0.15) is 21.5 Å². The van der Waals surface area contributed by atoms with Crippen LogP contribution in [-0.4, -0.2) is 10.9 Å². The number of pyridine rings is 1. The largest absolute Gasteiger partial charge is 0.322 e. The number of hydrogen-bond acceptors (Lipinski definition) is 4. The van der Waals surface area contributed by atoms with Crippen LogP contribution in [0.5, 0.6) is 0 Å². The number of hydrogen-bond donors (Lipinski definition) is 1. The number of aromatic nitrogens is 1. The molecule has 25 heavy (non-hydrogen) atoms. The molecule has 0 saturated heterocycles. The van der Waals surface area contributed by atoms with Crippen LogP contribution in [0.2, 0.25) is 0 Å². The fraction of sp³-hybridized carbons (Fsp3) is 0.0500. The van der Waals surface area contributed by atoms with Gasteiger partial charge in [-0.3, -0.25) is 4.79 Å². The SMILES string of the molecule is Cc1ccc(Sc2ncccc2C(=O)Nc2cccc(C#N)c2)cc1. The maximum Gasteiger partial charge on any atom is 0.258 e. The van der Waals surface area contributed by atoms with Crippen LogP contribution in [0.4, 0.5) is 5.69 Å². The van der Waals surface area contributed by atoms with Gasteiger partial charge in [0.1, 0.15) is 5.03 Å². The summed E-state index contributed by atoms with van der Waals surface area (Å²) in [6, 6.07) is 20.4. The Balaban J connectivity index is 1.83. The van der Waals surface area contributed by atoms with Crippen molar-refractivity contribution in [2.24, 2.45) is 0 Å². The van der Waals surface area contributed by atoms with Gasteiger partial charge >= 0.3 is 0 Å². The third-order valence-corrected chi connectivity index (χ3v) is 4.53.